The van der Waals surface area contributed by atoms with Crippen molar-refractivity contribution in [3.8, 4) is 5.75 Å². The van der Waals surface area contributed by atoms with E-state index in [1.807, 2.05) is 37.4 Å². The van der Waals surface area contributed by atoms with Gasteiger partial charge >= 0.3 is 0 Å². The average Bonchev–Trinajstić information content (AvgIpc) is 2.40. The van der Waals surface area contributed by atoms with Gasteiger partial charge in [0.15, 0.2) is 0 Å². The zero-order valence-electron chi connectivity index (χ0n) is 11.0. The van der Waals surface area contributed by atoms with E-state index in [0.29, 0.717) is 13.2 Å². The Labute approximate surface area is 107 Å². The van der Waals surface area contributed by atoms with E-state index in [9.17, 15) is 4.79 Å². The van der Waals surface area contributed by atoms with E-state index < -0.39 is 0 Å². The van der Waals surface area contributed by atoms with Crippen molar-refractivity contribution in [2.24, 2.45) is 0 Å². The highest BCUT2D eigenvalue weighted by molar-refractivity contribution is 5.87. The van der Waals surface area contributed by atoms with Gasteiger partial charge in [0.25, 0.3) is 5.56 Å². The van der Waals surface area contributed by atoms with E-state index in [4.69, 9.17) is 4.74 Å². The van der Waals surface area contributed by atoms with Crippen LogP contribution in [0.1, 0.15) is 26.7 Å². The third kappa shape index (κ3) is 2.40. The topological polar surface area (TPSA) is 31.2 Å². The van der Waals surface area contributed by atoms with Gasteiger partial charge in [-0.3, -0.25) is 4.79 Å². The second kappa shape index (κ2) is 5.71. The first-order valence-corrected chi connectivity index (χ1v) is 6.53. The number of aromatic nitrogens is 1. The molecule has 0 atom stereocenters. The van der Waals surface area contributed by atoms with Crippen molar-refractivity contribution in [1.29, 1.82) is 0 Å². The summed E-state index contributed by atoms with van der Waals surface area (Å²) in [7, 11) is 0. The third-order valence-corrected chi connectivity index (χ3v) is 3.07. The van der Waals surface area contributed by atoms with Crippen LogP contribution < -0.4 is 10.3 Å². The maximum absolute atomic E-state index is 12.1. The van der Waals surface area contributed by atoms with Crippen LogP contribution in [-0.2, 0) is 6.54 Å². The molecule has 2 aromatic rings. The predicted molar refractivity (Wildman–Crippen MR) is 74.3 cm³/mol. The molecule has 1 heterocycles. The third-order valence-electron chi connectivity index (χ3n) is 3.07. The van der Waals surface area contributed by atoms with Gasteiger partial charge in [-0.1, -0.05) is 19.4 Å². The molecule has 0 saturated heterocycles. The molecular formula is C15H19NO2. The summed E-state index contributed by atoms with van der Waals surface area (Å²) in [6.07, 6.45) is 3.97. The number of hydrogen-bond donors (Lipinski definition) is 0. The minimum absolute atomic E-state index is 0.0518. The van der Waals surface area contributed by atoms with Crippen LogP contribution in [0.25, 0.3) is 10.8 Å². The lowest BCUT2D eigenvalue weighted by molar-refractivity contribution is 0.313. The van der Waals surface area contributed by atoms with Gasteiger partial charge in [-0.2, -0.15) is 0 Å². The minimum Gasteiger partial charge on any atom is -0.493 e. The van der Waals surface area contributed by atoms with Gasteiger partial charge in [0.05, 0.1) is 12.0 Å². The van der Waals surface area contributed by atoms with Crippen molar-refractivity contribution in [2.45, 2.75) is 33.2 Å². The Kier molecular flexibility index (Phi) is 4.03. The molecule has 0 fully saturated rings. The smallest absolute Gasteiger partial charge is 0.258 e. The highest BCUT2D eigenvalue weighted by Gasteiger charge is 2.06. The van der Waals surface area contributed by atoms with Crippen molar-refractivity contribution in [2.75, 3.05) is 6.61 Å². The molecule has 0 aliphatic rings. The molecule has 0 aliphatic heterocycles. The molecule has 2 rings (SSSR count). The molecule has 0 saturated carbocycles. The number of hydrogen-bond acceptors (Lipinski definition) is 2. The number of nitrogens with zero attached hydrogens (tertiary/aromatic N) is 1. The van der Waals surface area contributed by atoms with Gasteiger partial charge in [0.1, 0.15) is 5.75 Å². The maximum atomic E-state index is 12.1. The molecule has 3 nitrogen and oxygen atoms in total. The van der Waals surface area contributed by atoms with Gasteiger partial charge in [-0.25, -0.2) is 0 Å². The van der Waals surface area contributed by atoms with Crippen LogP contribution >= 0.6 is 0 Å². The van der Waals surface area contributed by atoms with Crippen LogP contribution in [0.2, 0.25) is 0 Å². The summed E-state index contributed by atoms with van der Waals surface area (Å²) < 4.78 is 7.45. The van der Waals surface area contributed by atoms with Crippen LogP contribution in [0, 0.1) is 0 Å². The Balaban J connectivity index is 2.44. The van der Waals surface area contributed by atoms with E-state index in [0.717, 1.165) is 29.4 Å². The number of fused-ring (bicyclic) bond motifs is 1. The summed E-state index contributed by atoms with van der Waals surface area (Å²) in [6, 6.07) is 7.62. The predicted octanol–water partition coefficient (Wildman–Crippen LogP) is 3.20. The fraction of sp³-hybridized carbons (Fsp3) is 0.400. The van der Waals surface area contributed by atoms with Crippen molar-refractivity contribution in [1.82, 2.24) is 4.57 Å². The zero-order chi connectivity index (χ0) is 13.0. The molecule has 0 unspecified atom stereocenters. The molecule has 0 amide bonds. The number of ether oxygens (including phenoxy) is 1. The number of rotatable bonds is 5. The molecule has 1 aromatic heterocycles. The van der Waals surface area contributed by atoms with E-state index in [1.165, 1.54) is 0 Å². The van der Waals surface area contributed by atoms with Gasteiger partial charge in [-0.05, 0) is 31.5 Å². The van der Waals surface area contributed by atoms with Crippen molar-refractivity contribution in [3.63, 3.8) is 0 Å². The van der Waals surface area contributed by atoms with Crippen LogP contribution in [0.5, 0.6) is 5.75 Å². The van der Waals surface area contributed by atoms with E-state index >= 15 is 0 Å². The molecule has 96 valence electrons. The molecule has 0 bridgehead atoms. The SMILES string of the molecule is CCCCOc1cccc2c(=O)n(CC)ccc12. The summed E-state index contributed by atoms with van der Waals surface area (Å²) in [5, 5.41) is 1.64. The normalized spacial score (nSPS) is 10.8. The molecule has 0 radical (unpaired) electrons. The van der Waals surface area contributed by atoms with Gasteiger partial charge in [-0.15, -0.1) is 0 Å². The second-order valence-electron chi connectivity index (χ2n) is 4.33. The Morgan fingerprint density at radius 2 is 2.00 bits per heavy atom. The lowest BCUT2D eigenvalue weighted by atomic mass is 10.1. The zero-order valence-corrected chi connectivity index (χ0v) is 11.0. The Hall–Kier alpha value is -1.77. The van der Waals surface area contributed by atoms with Crippen molar-refractivity contribution >= 4 is 10.8 Å². The standard InChI is InChI=1S/C15H19NO2/c1-3-5-11-18-14-8-6-7-13-12(14)9-10-16(4-2)15(13)17/h6-10H,3-5,11H2,1-2H3. The van der Waals surface area contributed by atoms with E-state index in [1.54, 1.807) is 4.57 Å². The van der Waals surface area contributed by atoms with Gasteiger partial charge < -0.3 is 9.30 Å². The number of pyridine rings is 1. The van der Waals surface area contributed by atoms with E-state index in [-0.39, 0.29) is 5.56 Å². The lowest BCUT2D eigenvalue weighted by Gasteiger charge is -2.10. The Morgan fingerprint density at radius 1 is 1.17 bits per heavy atom. The molecular weight excluding hydrogens is 226 g/mol. The lowest BCUT2D eigenvalue weighted by Crippen LogP contribution is -2.18. The van der Waals surface area contributed by atoms with Gasteiger partial charge in [0, 0.05) is 18.1 Å². The second-order valence-corrected chi connectivity index (χ2v) is 4.33. The highest BCUT2D eigenvalue weighted by Crippen LogP contribution is 2.23. The van der Waals surface area contributed by atoms with E-state index in [2.05, 4.69) is 6.92 Å². The quantitative estimate of drug-likeness (QED) is 0.757. The molecule has 0 spiro atoms. The first-order chi connectivity index (χ1) is 8.77. The number of unbranched alkanes of at least 4 members (excludes halogenated alkanes) is 1. The van der Waals surface area contributed by atoms with Crippen LogP contribution in [0.15, 0.2) is 35.3 Å². The van der Waals surface area contributed by atoms with Crippen LogP contribution in [-0.4, -0.2) is 11.2 Å². The Bertz CT molecular complexity index is 587. The highest BCUT2D eigenvalue weighted by atomic mass is 16.5. The van der Waals surface area contributed by atoms with Gasteiger partial charge in [0.2, 0.25) is 0 Å². The maximum Gasteiger partial charge on any atom is 0.258 e. The monoisotopic (exact) mass is 245 g/mol. The summed E-state index contributed by atoms with van der Waals surface area (Å²) in [6.45, 7) is 5.49. The summed E-state index contributed by atoms with van der Waals surface area (Å²) in [5.41, 5.74) is 0.0518. The largest absolute Gasteiger partial charge is 0.493 e. The molecule has 0 N–H and O–H groups in total. The molecule has 0 aliphatic carbocycles. The molecule has 18 heavy (non-hydrogen) atoms. The summed E-state index contributed by atoms with van der Waals surface area (Å²) in [4.78, 5) is 12.1. The first kappa shape index (κ1) is 12.7. The number of benzene rings is 1. The Morgan fingerprint density at radius 3 is 2.72 bits per heavy atom. The summed E-state index contributed by atoms with van der Waals surface area (Å²) >= 11 is 0. The fourth-order valence-corrected chi connectivity index (χ4v) is 1.99. The fourth-order valence-electron chi connectivity index (χ4n) is 1.99. The van der Waals surface area contributed by atoms with Crippen molar-refractivity contribution in [3.05, 3.63) is 40.8 Å². The molecule has 3 heteroatoms. The van der Waals surface area contributed by atoms with Crippen LogP contribution in [0.3, 0.4) is 0 Å². The minimum atomic E-state index is 0.0518. The van der Waals surface area contributed by atoms with Crippen molar-refractivity contribution < 1.29 is 4.74 Å². The average molecular weight is 245 g/mol. The summed E-state index contributed by atoms with van der Waals surface area (Å²) in [5.74, 6) is 0.807. The molecule has 1 aromatic carbocycles. The van der Waals surface area contributed by atoms with Crippen LogP contribution in [0.4, 0.5) is 0 Å². The number of aryl methyl sites for hydroxylation is 1. The first-order valence-electron chi connectivity index (χ1n) is 6.53.